The average molecular weight is 1840 g/mol. The standard InChI is InChI=1S/C50H32N4.C46H29N3.C37H24N4/c1-3-13-33(14-4-1)34-23-25-35(26-24-34)49-42-19-7-10-20-44(42)51-50(52-49)54-46-22-12-8-17-39(46)41-29-27-37(32-48(41)54)36-28-30-47-43(31-36)40-18-9-11-21-45(40)53(47)38-15-5-2-6-16-38;1-2-12-33-28-35(21-20-30(33)10-1)34-13-9-14-36(29-34)45-39-16-5-7-18-41(39)47-46(48-45)32-22-25-37(26-23-32)49-42-19-8-6-17-40(42)44-38-15-4-3-11-31(38)24-27-43(44)49;1-4-13-26(14-5-1)35-38-36(27-15-6-2-7-16-27)40-37(39-35)28-20-22-31-33(24-28)41(29-17-8-3-9-18-29)32-23-21-25-12-10-11-19-30(25)34(31)32/h1-32H;1-29H;1-24H. The van der Waals surface area contributed by atoms with Crippen LogP contribution >= 0.6 is 0 Å². The lowest BCUT2D eigenvalue weighted by atomic mass is 9.97. The molecule has 0 saturated heterocycles. The number of hydrogen-bond acceptors (Lipinski definition) is 7. The van der Waals surface area contributed by atoms with Crippen molar-refractivity contribution in [3.8, 4) is 124 Å². The van der Waals surface area contributed by atoms with E-state index in [1.165, 1.54) is 120 Å². The van der Waals surface area contributed by atoms with Crippen molar-refractivity contribution in [2.24, 2.45) is 0 Å². The Labute approximate surface area is 828 Å². The van der Waals surface area contributed by atoms with Crippen molar-refractivity contribution in [2.45, 2.75) is 0 Å². The van der Waals surface area contributed by atoms with Gasteiger partial charge >= 0.3 is 0 Å². The van der Waals surface area contributed by atoms with E-state index in [9.17, 15) is 0 Å². The molecular formula is C133H85N11. The van der Waals surface area contributed by atoms with E-state index in [4.69, 9.17) is 34.9 Å². The Hall–Kier alpha value is -19.5. The third-order valence-corrected chi connectivity index (χ3v) is 28.1. The van der Waals surface area contributed by atoms with Gasteiger partial charge in [-0.1, -0.05) is 388 Å². The van der Waals surface area contributed by atoms with Crippen LogP contribution in [0.4, 0.5) is 0 Å². The molecule has 0 spiro atoms. The van der Waals surface area contributed by atoms with Crippen LogP contribution in [0.3, 0.4) is 0 Å². The minimum absolute atomic E-state index is 0.648. The van der Waals surface area contributed by atoms with Crippen LogP contribution in [-0.4, -0.2) is 53.2 Å². The molecular weight excluding hydrogens is 1750 g/mol. The molecule has 0 radical (unpaired) electrons. The van der Waals surface area contributed by atoms with E-state index < -0.39 is 0 Å². The summed E-state index contributed by atoms with van der Waals surface area (Å²) in [4.78, 5) is 35.7. The molecule has 0 bridgehead atoms. The summed E-state index contributed by atoms with van der Waals surface area (Å²) < 4.78 is 9.31. The van der Waals surface area contributed by atoms with Crippen molar-refractivity contribution in [1.29, 1.82) is 0 Å². The van der Waals surface area contributed by atoms with E-state index >= 15 is 0 Å². The fraction of sp³-hybridized carbons (Fsp3) is 0. The van der Waals surface area contributed by atoms with Crippen LogP contribution in [0, 0.1) is 0 Å². The Morgan fingerprint density at radius 2 is 0.465 bits per heavy atom. The third-order valence-electron chi connectivity index (χ3n) is 28.1. The van der Waals surface area contributed by atoms with E-state index in [1.54, 1.807) is 0 Å². The predicted molar refractivity (Wildman–Crippen MR) is 598 cm³/mol. The minimum Gasteiger partial charge on any atom is -0.309 e. The second-order valence-corrected chi connectivity index (χ2v) is 36.6. The van der Waals surface area contributed by atoms with E-state index in [-0.39, 0.29) is 0 Å². The fourth-order valence-electron chi connectivity index (χ4n) is 21.3. The largest absolute Gasteiger partial charge is 0.309 e. The van der Waals surface area contributed by atoms with E-state index in [0.717, 1.165) is 117 Å². The van der Waals surface area contributed by atoms with Gasteiger partial charge in [0, 0.05) is 104 Å². The Balaban J connectivity index is 0.000000109. The van der Waals surface area contributed by atoms with Crippen molar-refractivity contribution in [3.63, 3.8) is 0 Å². The van der Waals surface area contributed by atoms with Gasteiger partial charge in [-0.15, -0.1) is 0 Å². The van der Waals surface area contributed by atoms with Crippen LogP contribution in [0.5, 0.6) is 0 Å². The summed E-state index contributed by atoms with van der Waals surface area (Å²) >= 11 is 0. The maximum absolute atomic E-state index is 5.37. The summed E-state index contributed by atoms with van der Waals surface area (Å²) in [5.41, 5.74) is 29.3. The van der Waals surface area contributed by atoms with Crippen molar-refractivity contribution in [3.05, 3.63) is 516 Å². The van der Waals surface area contributed by atoms with Gasteiger partial charge in [-0.05, 0) is 193 Å². The van der Waals surface area contributed by atoms with Gasteiger partial charge < -0.3 is 13.7 Å². The molecule has 0 amide bonds. The van der Waals surface area contributed by atoms with E-state index in [2.05, 4.69) is 461 Å². The Morgan fingerprint density at radius 3 is 1.09 bits per heavy atom. The molecule has 22 aromatic carbocycles. The Bertz CT molecular complexity index is 10000. The predicted octanol–water partition coefficient (Wildman–Crippen LogP) is 34.0. The van der Waals surface area contributed by atoms with Crippen molar-refractivity contribution >= 4 is 141 Å². The van der Waals surface area contributed by atoms with E-state index in [1.807, 2.05) is 72.8 Å². The molecule has 672 valence electrons. The van der Waals surface area contributed by atoms with Gasteiger partial charge in [0.15, 0.2) is 23.3 Å². The first-order valence-electron chi connectivity index (χ1n) is 48.7. The molecule has 0 unspecified atom stereocenters. The van der Waals surface area contributed by atoms with Crippen LogP contribution in [0.25, 0.3) is 266 Å². The van der Waals surface area contributed by atoms with Gasteiger partial charge in [0.1, 0.15) is 0 Å². The maximum Gasteiger partial charge on any atom is 0.235 e. The van der Waals surface area contributed by atoms with Crippen molar-refractivity contribution in [2.75, 3.05) is 0 Å². The van der Waals surface area contributed by atoms with Crippen LogP contribution < -0.4 is 0 Å². The number of benzene rings is 22. The summed E-state index contributed by atoms with van der Waals surface area (Å²) in [6.45, 7) is 0. The molecule has 11 nitrogen and oxygen atoms in total. The first-order valence-corrected chi connectivity index (χ1v) is 48.7. The van der Waals surface area contributed by atoms with Crippen molar-refractivity contribution in [1.82, 2.24) is 53.2 Å². The molecule has 0 atom stereocenters. The number of hydrogen-bond donors (Lipinski definition) is 0. The second kappa shape index (κ2) is 35.5. The first-order chi connectivity index (χ1) is 71.4. The Morgan fingerprint density at radius 1 is 0.132 bits per heavy atom. The summed E-state index contributed by atoms with van der Waals surface area (Å²) in [7, 11) is 0. The molecule has 0 aliphatic heterocycles. The van der Waals surface area contributed by atoms with Crippen LogP contribution in [0.1, 0.15) is 0 Å². The highest BCUT2D eigenvalue weighted by atomic mass is 15.2. The van der Waals surface area contributed by atoms with Gasteiger partial charge in [-0.2, -0.15) is 0 Å². The van der Waals surface area contributed by atoms with Crippen LogP contribution in [0.15, 0.2) is 516 Å². The smallest absolute Gasteiger partial charge is 0.235 e. The molecule has 0 fully saturated rings. The van der Waals surface area contributed by atoms with Gasteiger partial charge in [0.05, 0.1) is 66.6 Å². The zero-order valence-electron chi connectivity index (χ0n) is 78.0. The summed E-state index contributed by atoms with van der Waals surface area (Å²) in [6, 6.07) is 182. The van der Waals surface area contributed by atoms with Crippen molar-refractivity contribution < 1.29 is 0 Å². The second-order valence-electron chi connectivity index (χ2n) is 36.6. The quantitative estimate of drug-likeness (QED) is 0.113. The highest BCUT2D eigenvalue weighted by molar-refractivity contribution is 6.23. The van der Waals surface area contributed by atoms with Gasteiger partial charge in [0.25, 0.3) is 0 Å². The summed E-state index contributed by atoms with van der Waals surface area (Å²) in [5.74, 6) is 3.33. The fourth-order valence-corrected chi connectivity index (χ4v) is 21.3. The highest BCUT2D eigenvalue weighted by Gasteiger charge is 2.25. The lowest BCUT2D eigenvalue weighted by Gasteiger charge is -2.13. The SMILES string of the molecule is c1cc(-c2ccc3ccccc3c2)cc(-c2nc(-c3ccc(-n4c5ccccc5c5c6ccccc6ccc54)cc3)nc3ccccc23)c1.c1ccc(-c2ccc(-c3nc(-n4c5ccccc5c5ccc(-c6ccc7c(c6)c6ccccc6n7-c6ccccc6)cc54)nc4ccccc34)cc2)cc1.c1ccc(-c2nc(-c3ccccc3)nc(-c3ccc4c5c6ccccc6ccc5n(-c5ccccc5)c4c3)n2)cc1. The molecule has 11 heteroatoms. The number of para-hydroxylation sites is 7. The molecule has 7 aromatic heterocycles. The third kappa shape index (κ3) is 14.9. The van der Waals surface area contributed by atoms with Gasteiger partial charge in [-0.3, -0.25) is 4.57 Å². The molecule has 0 aliphatic carbocycles. The molecule has 29 rings (SSSR count). The van der Waals surface area contributed by atoms with Gasteiger partial charge in [0.2, 0.25) is 5.95 Å². The normalized spacial score (nSPS) is 11.6. The first kappa shape index (κ1) is 83.8. The Kier molecular flexibility index (Phi) is 20.7. The molecule has 0 N–H and O–H groups in total. The topological polar surface area (TPSA) is 110 Å². The highest BCUT2D eigenvalue weighted by Crippen LogP contribution is 2.45. The summed E-state index contributed by atoms with van der Waals surface area (Å²) in [6.07, 6.45) is 0. The number of nitrogens with zero attached hydrogens (tertiary/aromatic N) is 11. The maximum atomic E-state index is 5.37. The zero-order chi connectivity index (χ0) is 95.1. The molecule has 29 aromatic rings. The molecule has 7 heterocycles. The monoisotopic (exact) mass is 1840 g/mol. The minimum atomic E-state index is 0.648. The zero-order valence-corrected chi connectivity index (χ0v) is 78.0. The number of rotatable bonds is 13. The van der Waals surface area contributed by atoms with E-state index in [0.29, 0.717) is 29.2 Å². The molecule has 144 heavy (non-hydrogen) atoms. The molecule has 0 saturated carbocycles. The average Bonchev–Trinajstić information content (AvgIpc) is 1.58. The van der Waals surface area contributed by atoms with Crippen LogP contribution in [-0.2, 0) is 0 Å². The number of aromatic nitrogens is 11. The molecule has 0 aliphatic rings. The number of fused-ring (bicyclic) bond motifs is 19. The summed E-state index contributed by atoms with van der Waals surface area (Å²) in [5, 5.41) is 19.3. The lowest BCUT2D eigenvalue weighted by Crippen LogP contribution is -2.03. The lowest BCUT2D eigenvalue weighted by molar-refractivity contribution is 1.01. The van der Waals surface area contributed by atoms with Crippen LogP contribution in [0.2, 0.25) is 0 Å². The van der Waals surface area contributed by atoms with Gasteiger partial charge in [-0.25, -0.2) is 34.9 Å².